The van der Waals surface area contributed by atoms with Gasteiger partial charge in [-0.15, -0.1) is 16.6 Å². The highest BCUT2D eigenvalue weighted by molar-refractivity contribution is 6.30. The molecule has 7 rings (SSSR count). The van der Waals surface area contributed by atoms with Crippen molar-refractivity contribution in [2.24, 2.45) is 5.92 Å². The summed E-state index contributed by atoms with van der Waals surface area (Å²) in [5, 5.41) is 8.54. The molecule has 1 radical (unpaired) electrons. The number of amides is 1. The summed E-state index contributed by atoms with van der Waals surface area (Å²) in [5.41, 5.74) is 14.1. The average molecular weight is 608 g/mol. The number of para-hydroxylation sites is 1. The number of alkyl halides is 1. The molecule has 4 aliphatic rings. The number of hydrogen-bond donors (Lipinski definition) is 4. The molecule has 0 bridgehead atoms. The monoisotopic (exact) mass is 607 g/mol. The third-order valence-electron chi connectivity index (χ3n) is 8.50. The molecule has 11 heteroatoms. The second kappa shape index (κ2) is 12.3. The molecule has 0 spiro atoms. The second-order valence-corrected chi connectivity index (χ2v) is 11.5. The molecule has 1 aromatic heterocycles. The van der Waals surface area contributed by atoms with Crippen LogP contribution >= 0.6 is 11.6 Å². The number of hydrazine groups is 2. The number of nitrogens with zero attached hydrogens (tertiary/aromatic N) is 3. The number of hydrogen-bond acceptors (Lipinski definition) is 6. The first-order chi connectivity index (χ1) is 21.6. The number of anilines is 2. The first-order valence-corrected chi connectivity index (χ1v) is 15.7. The Morgan fingerprint density at radius 3 is 2.70 bits per heavy atom. The second-order valence-electron chi connectivity index (χ2n) is 11.2. The SMILES string of the molecule is CCOc1ccccc1CNc1ccc2n1[B][N+]1=C(N3C=C(C4CCCC4)NN3)C=CC1=C2c1ccc(NC(=O)CCl)cc1. The number of halogens is 1. The number of carbonyl (C=O) groups excluding carboxylic acids is 1. The normalized spacial score (nSPS) is 17.3. The molecule has 1 aliphatic carbocycles. The van der Waals surface area contributed by atoms with Gasteiger partial charge in [0.15, 0.2) is 0 Å². The predicted molar refractivity (Wildman–Crippen MR) is 175 cm³/mol. The van der Waals surface area contributed by atoms with Crippen molar-refractivity contribution in [2.75, 3.05) is 23.1 Å². The van der Waals surface area contributed by atoms with Crippen molar-refractivity contribution in [3.05, 3.63) is 107 Å². The van der Waals surface area contributed by atoms with E-state index in [1.54, 1.807) is 0 Å². The lowest BCUT2D eigenvalue weighted by molar-refractivity contribution is -0.320. The molecule has 4 heterocycles. The number of carbonyl (C=O) groups is 1. The van der Waals surface area contributed by atoms with E-state index in [0.717, 1.165) is 45.5 Å². The summed E-state index contributed by atoms with van der Waals surface area (Å²) in [6.45, 7) is 3.24. The van der Waals surface area contributed by atoms with E-state index in [9.17, 15) is 4.79 Å². The number of rotatable bonds is 9. The predicted octanol–water partition coefficient (Wildman–Crippen LogP) is 5.17. The van der Waals surface area contributed by atoms with E-state index in [4.69, 9.17) is 16.3 Å². The van der Waals surface area contributed by atoms with Crippen LogP contribution in [0, 0.1) is 5.92 Å². The van der Waals surface area contributed by atoms with Crippen LogP contribution in [0.25, 0.3) is 5.57 Å². The minimum Gasteiger partial charge on any atom is -0.494 e. The molecule has 9 nitrogen and oxygen atoms in total. The first kappa shape index (κ1) is 28.4. The summed E-state index contributed by atoms with van der Waals surface area (Å²) in [5.74, 6) is 3.10. The molecule has 223 valence electrons. The van der Waals surface area contributed by atoms with E-state index in [-0.39, 0.29) is 11.8 Å². The molecule has 44 heavy (non-hydrogen) atoms. The minimum absolute atomic E-state index is 0.0834. The Labute approximate surface area is 263 Å². The van der Waals surface area contributed by atoms with Crippen LogP contribution in [-0.4, -0.2) is 45.8 Å². The van der Waals surface area contributed by atoms with Gasteiger partial charge in [0.1, 0.15) is 23.5 Å². The zero-order valence-electron chi connectivity index (χ0n) is 24.6. The average Bonchev–Trinajstić information content (AvgIpc) is 3.87. The molecule has 0 atom stereocenters. The van der Waals surface area contributed by atoms with Crippen molar-refractivity contribution in [2.45, 2.75) is 39.2 Å². The smallest absolute Gasteiger partial charge is 0.494 e. The number of fused-ring (bicyclic) bond motifs is 2. The summed E-state index contributed by atoms with van der Waals surface area (Å²) < 4.78 is 10.3. The minimum atomic E-state index is -0.231. The molecule has 0 saturated heterocycles. The highest BCUT2D eigenvalue weighted by Crippen LogP contribution is 2.37. The molecule has 3 aromatic rings. The molecule has 0 unspecified atom stereocenters. The van der Waals surface area contributed by atoms with Crippen LogP contribution in [0.4, 0.5) is 11.5 Å². The summed E-state index contributed by atoms with van der Waals surface area (Å²) in [6, 6.07) is 20.3. The van der Waals surface area contributed by atoms with E-state index in [1.165, 1.54) is 31.4 Å². The molecule has 1 saturated carbocycles. The van der Waals surface area contributed by atoms with Gasteiger partial charge in [0.25, 0.3) is 5.84 Å². The summed E-state index contributed by atoms with van der Waals surface area (Å²) in [7, 11) is 2.14. The van der Waals surface area contributed by atoms with Crippen LogP contribution in [0.1, 0.15) is 49.4 Å². The molecule has 2 aromatic carbocycles. The van der Waals surface area contributed by atoms with Crippen LogP contribution in [0.2, 0.25) is 0 Å². The molecule has 1 amide bonds. The van der Waals surface area contributed by atoms with Gasteiger partial charge >= 0.3 is 7.55 Å². The van der Waals surface area contributed by atoms with Gasteiger partial charge in [0.05, 0.1) is 18.1 Å². The highest BCUT2D eigenvalue weighted by atomic mass is 35.5. The third kappa shape index (κ3) is 5.40. The molecule has 1 fully saturated rings. The van der Waals surface area contributed by atoms with Crippen molar-refractivity contribution in [1.29, 1.82) is 0 Å². The Morgan fingerprint density at radius 2 is 1.91 bits per heavy atom. The maximum absolute atomic E-state index is 11.9. The topological polar surface area (TPSA) is 85.6 Å². The van der Waals surface area contributed by atoms with E-state index in [0.29, 0.717) is 24.8 Å². The molecular weight excluding hydrogens is 573 g/mol. The summed E-state index contributed by atoms with van der Waals surface area (Å²) in [4.78, 5) is 11.9. The summed E-state index contributed by atoms with van der Waals surface area (Å²) in [6.07, 6.45) is 11.5. The number of amidine groups is 1. The van der Waals surface area contributed by atoms with E-state index < -0.39 is 0 Å². The van der Waals surface area contributed by atoms with Crippen molar-refractivity contribution >= 4 is 48.0 Å². The number of allylic oxidation sites excluding steroid dienone is 2. The number of ether oxygens (including phenoxy) is 1. The fourth-order valence-electron chi connectivity index (χ4n) is 6.36. The van der Waals surface area contributed by atoms with Gasteiger partial charge < -0.3 is 19.8 Å². The third-order valence-corrected chi connectivity index (χ3v) is 8.74. The fraction of sp³-hybridized carbons (Fsp3) is 0.273. The molecule has 4 N–H and O–H groups in total. The van der Waals surface area contributed by atoms with Gasteiger partial charge in [-0.05, 0) is 61.7 Å². The van der Waals surface area contributed by atoms with Gasteiger partial charge in [0.2, 0.25) is 5.91 Å². The Morgan fingerprint density at radius 1 is 1.09 bits per heavy atom. The maximum atomic E-state index is 11.9. The number of nitrogens with one attached hydrogen (secondary N) is 4. The summed E-state index contributed by atoms with van der Waals surface area (Å²) >= 11 is 5.71. The van der Waals surface area contributed by atoms with E-state index >= 15 is 0 Å². The van der Waals surface area contributed by atoms with Crippen LogP contribution in [-0.2, 0) is 11.3 Å². The standard InChI is InChI=1S/C33H35BClN7O2/c1-2-44-29-10-6-5-9-24(29)20-36-30-17-15-27-33(23-11-13-25(14-12-23)37-31(43)19-35)28-16-18-32(42(28)34-41(27)30)40-21-26(38-39-40)22-7-3-4-8-22/h5-6,9-18,21-22,36,38-39H,2-4,7-8,19-20H2,1H3,(H,37,43)/q+1. The largest absolute Gasteiger partial charge is 0.553 e. The Kier molecular flexibility index (Phi) is 7.93. The zero-order valence-corrected chi connectivity index (χ0v) is 25.4. The van der Waals surface area contributed by atoms with Crippen LogP contribution in [0.15, 0.2) is 90.4 Å². The lowest BCUT2D eigenvalue weighted by Gasteiger charge is -2.23. The Bertz CT molecular complexity index is 1700. The van der Waals surface area contributed by atoms with Gasteiger partial charge in [0, 0.05) is 41.1 Å². The zero-order chi connectivity index (χ0) is 30.0. The quantitative estimate of drug-likeness (QED) is 0.199. The van der Waals surface area contributed by atoms with Crippen LogP contribution < -0.4 is 26.3 Å². The lowest BCUT2D eigenvalue weighted by atomic mass is 9.92. The first-order valence-electron chi connectivity index (χ1n) is 15.2. The molecular formula is C33H35BClN7O2+. The van der Waals surface area contributed by atoms with E-state index in [2.05, 4.69) is 79.7 Å². The van der Waals surface area contributed by atoms with Crippen LogP contribution in [0.3, 0.4) is 0 Å². The highest BCUT2D eigenvalue weighted by Gasteiger charge is 2.38. The van der Waals surface area contributed by atoms with Gasteiger partial charge in [-0.3, -0.25) is 14.7 Å². The Hall–Kier alpha value is -4.41. The number of aromatic nitrogens is 1. The van der Waals surface area contributed by atoms with Crippen molar-refractivity contribution in [3.8, 4) is 5.75 Å². The van der Waals surface area contributed by atoms with E-state index in [1.807, 2.05) is 49.4 Å². The van der Waals surface area contributed by atoms with Crippen molar-refractivity contribution in [3.63, 3.8) is 0 Å². The molecule has 3 aliphatic heterocycles. The van der Waals surface area contributed by atoms with Crippen molar-refractivity contribution in [1.82, 2.24) is 20.4 Å². The van der Waals surface area contributed by atoms with Gasteiger partial charge in [-0.1, -0.05) is 48.7 Å². The lowest BCUT2D eigenvalue weighted by Crippen LogP contribution is -2.44. The Balaban J connectivity index is 1.25. The van der Waals surface area contributed by atoms with Crippen LogP contribution in [0.5, 0.6) is 5.75 Å². The number of benzene rings is 2. The van der Waals surface area contributed by atoms with Gasteiger partial charge in [-0.25, -0.2) is 0 Å². The fourth-order valence-corrected chi connectivity index (χ4v) is 6.43. The van der Waals surface area contributed by atoms with Crippen molar-refractivity contribution < 1.29 is 14.0 Å². The maximum Gasteiger partial charge on any atom is 0.553 e. The van der Waals surface area contributed by atoms with Gasteiger partial charge in [-0.2, -0.15) is 0 Å².